The first-order valence-electron chi connectivity index (χ1n) is 17.9. The molecule has 6 nitrogen and oxygen atoms in total. The number of hydrogen-bond acceptors (Lipinski definition) is 6. The van der Waals surface area contributed by atoms with E-state index < -0.39 is 11.2 Å². The van der Waals surface area contributed by atoms with Gasteiger partial charge in [-0.2, -0.15) is 0 Å². The highest BCUT2D eigenvalue weighted by Gasteiger charge is 2.85. The molecule has 0 spiro atoms. The summed E-state index contributed by atoms with van der Waals surface area (Å²) in [5, 5.41) is 21.7. The lowest BCUT2D eigenvalue weighted by Crippen LogP contribution is -2.43. The zero-order valence-corrected chi connectivity index (χ0v) is 30.7. The van der Waals surface area contributed by atoms with Crippen LogP contribution in [-0.2, 0) is 19.1 Å². The molecule has 5 fully saturated rings. The summed E-state index contributed by atoms with van der Waals surface area (Å²) in [4.78, 5) is 24.6. The molecule has 262 valence electrons. The number of ketones is 1. The van der Waals surface area contributed by atoms with Crippen LogP contribution in [-0.4, -0.2) is 51.0 Å². The van der Waals surface area contributed by atoms with E-state index in [4.69, 9.17) is 9.47 Å². The van der Waals surface area contributed by atoms with Gasteiger partial charge in [-0.25, -0.2) is 0 Å². The number of Topliss-reactive ketones (excluding diaryl/α,β-unsaturated/α-hetero) is 1. The van der Waals surface area contributed by atoms with Crippen LogP contribution in [0.3, 0.4) is 0 Å². The molecule has 0 unspecified atom stereocenters. The van der Waals surface area contributed by atoms with Gasteiger partial charge >= 0.3 is 5.97 Å². The maximum Gasteiger partial charge on any atom is 0.302 e. The van der Waals surface area contributed by atoms with Gasteiger partial charge in [0.05, 0.1) is 17.3 Å². The lowest BCUT2D eigenvalue weighted by Gasteiger charge is -2.40. The highest BCUT2D eigenvalue weighted by atomic mass is 16.6. The summed E-state index contributed by atoms with van der Waals surface area (Å²) < 4.78 is 11.8. The number of aliphatic hydroxyl groups is 2. The quantitative estimate of drug-likeness (QED) is 0.0516. The Morgan fingerprint density at radius 2 is 1.50 bits per heavy atom. The number of carbonyl (C=O) groups is 2. The maximum absolute atomic E-state index is 13.1. The second-order valence-corrected chi connectivity index (χ2v) is 16.6. The van der Waals surface area contributed by atoms with Gasteiger partial charge in [-0.3, -0.25) is 9.59 Å². The van der Waals surface area contributed by atoms with Crippen molar-refractivity contribution >= 4 is 11.8 Å². The van der Waals surface area contributed by atoms with Crippen LogP contribution in [0.4, 0.5) is 0 Å². The van der Waals surface area contributed by atoms with Gasteiger partial charge in [0, 0.05) is 31.1 Å². The molecule has 0 aromatic heterocycles. The predicted octanol–water partition coefficient (Wildman–Crippen LogP) is 8.37. The molecule has 0 aromatic carbocycles. The second-order valence-electron chi connectivity index (χ2n) is 16.6. The standard InChI is InChI=1S/C42H58O6/c1-27(16-12-17-29(3)20-21-37-38(6,7)26-36(47-31(5)43)33-23-41(33,37)46)14-10-11-15-28(2)18-13-19-30(4)34(44)25-42-39(8)22-32(39)35(45)24-40(42,9)48-42/h12-19,21,32-33,35-36,45-46H,10-11,20,22-26H2,1-9H3/b16-12+,18-13+,27-14+,28-15+,29-17+,30-19+,37-21+/t32-,33+,35+,36-,39+,40+,41+,42-/m0/s1. The van der Waals surface area contributed by atoms with Crippen LogP contribution in [0.25, 0.3) is 0 Å². The van der Waals surface area contributed by atoms with Crippen LogP contribution in [0.2, 0.25) is 0 Å². The lowest BCUT2D eigenvalue weighted by atomic mass is 9.69. The average molecular weight is 659 g/mol. The molecule has 0 amide bonds. The van der Waals surface area contributed by atoms with Gasteiger partial charge in [-0.1, -0.05) is 92.2 Å². The van der Waals surface area contributed by atoms with E-state index in [9.17, 15) is 19.8 Å². The SMILES string of the molecule is CC(=O)O[C@H]1CC(C)(C)/C(=C\C/C(C)=C/C=C/C(C)=C/CC/C=C(C)/C=C/C=C(\C)C(=O)C[C@@]23O[C@]2(C)C[C@@H](O)[C@@H]2C[C@]23C)[C@@]2(O)C[C@H]12. The fourth-order valence-corrected chi connectivity index (χ4v) is 9.09. The van der Waals surface area contributed by atoms with E-state index in [1.165, 1.54) is 18.1 Å². The highest BCUT2D eigenvalue weighted by molar-refractivity contribution is 5.96. The van der Waals surface area contributed by atoms with Crippen LogP contribution in [0.1, 0.15) is 114 Å². The summed E-state index contributed by atoms with van der Waals surface area (Å²) in [7, 11) is 0. The monoisotopic (exact) mass is 658 g/mol. The van der Waals surface area contributed by atoms with Gasteiger partial charge in [0.1, 0.15) is 11.7 Å². The first kappa shape index (κ1) is 36.5. The molecule has 8 atom stereocenters. The minimum absolute atomic E-state index is 0.0109. The van der Waals surface area contributed by atoms with Crippen molar-refractivity contribution in [2.24, 2.45) is 22.7 Å². The Labute approximate surface area is 288 Å². The Kier molecular flexibility index (Phi) is 9.99. The molecule has 48 heavy (non-hydrogen) atoms. The molecule has 6 heteroatoms. The van der Waals surface area contributed by atoms with Gasteiger partial charge in [0.2, 0.25) is 0 Å². The summed E-state index contributed by atoms with van der Waals surface area (Å²) in [6.07, 6.45) is 24.4. The fraction of sp³-hybridized carbons (Fsp3) is 0.619. The largest absolute Gasteiger partial charge is 0.462 e. The predicted molar refractivity (Wildman–Crippen MR) is 191 cm³/mol. The smallest absolute Gasteiger partial charge is 0.302 e. The van der Waals surface area contributed by atoms with Crippen molar-refractivity contribution in [3.05, 3.63) is 82.5 Å². The number of carbonyl (C=O) groups excluding carboxylic acids is 2. The molecular formula is C42H58O6. The van der Waals surface area contributed by atoms with E-state index in [0.29, 0.717) is 19.3 Å². The van der Waals surface area contributed by atoms with E-state index in [-0.39, 0.29) is 52.2 Å². The van der Waals surface area contributed by atoms with Gasteiger partial charge in [0.25, 0.3) is 0 Å². The van der Waals surface area contributed by atoms with Crippen molar-refractivity contribution in [3.63, 3.8) is 0 Å². The zero-order chi connectivity index (χ0) is 35.3. The molecular weight excluding hydrogens is 600 g/mol. The molecule has 4 saturated carbocycles. The van der Waals surface area contributed by atoms with Gasteiger partial charge in [0.15, 0.2) is 5.78 Å². The topological polar surface area (TPSA) is 96.4 Å². The Morgan fingerprint density at radius 1 is 0.875 bits per heavy atom. The summed E-state index contributed by atoms with van der Waals surface area (Å²) in [5.41, 5.74) is 3.48. The molecule has 1 saturated heterocycles. The normalized spacial score (nSPS) is 39.7. The highest BCUT2D eigenvalue weighted by Crippen LogP contribution is 2.78. The lowest BCUT2D eigenvalue weighted by molar-refractivity contribution is -0.151. The van der Waals surface area contributed by atoms with Crippen molar-refractivity contribution in [2.45, 2.75) is 143 Å². The van der Waals surface area contributed by atoms with Crippen LogP contribution in [0.15, 0.2) is 82.5 Å². The van der Waals surface area contributed by atoms with Crippen molar-refractivity contribution in [1.82, 2.24) is 0 Å². The third kappa shape index (κ3) is 7.09. The van der Waals surface area contributed by atoms with E-state index in [2.05, 4.69) is 91.0 Å². The number of unbranched alkanes of at least 4 members (excludes halogenated alkanes) is 1. The second kappa shape index (κ2) is 13.2. The number of rotatable bonds is 13. The van der Waals surface area contributed by atoms with Gasteiger partial charge < -0.3 is 19.7 Å². The molecule has 0 aromatic rings. The van der Waals surface area contributed by atoms with Crippen molar-refractivity contribution in [2.75, 3.05) is 0 Å². The number of epoxide rings is 1. The van der Waals surface area contributed by atoms with Crippen LogP contribution >= 0.6 is 0 Å². The molecule has 2 N–H and O–H groups in total. The first-order chi connectivity index (χ1) is 22.4. The summed E-state index contributed by atoms with van der Waals surface area (Å²) >= 11 is 0. The van der Waals surface area contributed by atoms with E-state index in [0.717, 1.165) is 48.8 Å². The number of esters is 1. The van der Waals surface area contributed by atoms with Crippen LogP contribution in [0, 0.1) is 22.7 Å². The summed E-state index contributed by atoms with van der Waals surface area (Å²) in [6.45, 7) is 18.1. The van der Waals surface area contributed by atoms with E-state index in [1.807, 2.05) is 19.1 Å². The molecule has 5 rings (SSSR count). The maximum atomic E-state index is 13.1. The van der Waals surface area contributed by atoms with Crippen molar-refractivity contribution in [3.8, 4) is 0 Å². The Hall–Kier alpha value is -2.80. The molecule has 1 aliphatic heterocycles. The molecule has 0 bridgehead atoms. The third-order valence-electron chi connectivity index (χ3n) is 12.2. The number of aliphatic hydroxyl groups excluding tert-OH is 1. The van der Waals surface area contributed by atoms with E-state index >= 15 is 0 Å². The summed E-state index contributed by atoms with van der Waals surface area (Å²) in [5.74, 6) is 0.121. The molecule has 0 radical (unpaired) electrons. The number of allylic oxidation sites excluding steroid dienone is 13. The first-order valence-corrected chi connectivity index (χ1v) is 17.9. The molecule has 1 heterocycles. The van der Waals surface area contributed by atoms with Crippen molar-refractivity contribution in [1.29, 1.82) is 0 Å². The van der Waals surface area contributed by atoms with E-state index in [1.54, 1.807) is 0 Å². The number of ether oxygens (including phenoxy) is 2. The van der Waals surface area contributed by atoms with Crippen LogP contribution in [0.5, 0.6) is 0 Å². The minimum atomic E-state index is -0.844. The number of fused-ring (bicyclic) bond motifs is 4. The minimum Gasteiger partial charge on any atom is -0.462 e. The van der Waals surface area contributed by atoms with Crippen molar-refractivity contribution < 1.29 is 29.3 Å². The average Bonchev–Trinajstić information content (AvgIpc) is 3.92. The Bertz CT molecular complexity index is 1530. The van der Waals surface area contributed by atoms with Gasteiger partial charge in [-0.05, 0) is 95.6 Å². The Balaban J connectivity index is 1.05. The zero-order valence-electron chi connectivity index (χ0n) is 30.7. The van der Waals surface area contributed by atoms with Crippen LogP contribution < -0.4 is 0 Å². The number of hydrogen-bond donors (Lipinski definition) is 2. The molecule has 4 aliphatic carbocycles. The third-order valence-corrected chi connectivity index (χ3v) is 12.2. The van der Waals surface area contributed by atoms with Gasteiger partial charge in [-0.15, -0.1) is 0 Å². The molecule has 5 aliphatic rings. The summed E-state index contributed by atoms with van der Waals surface area (Å²) in [6, 6.07) is 0. The fourth-order valence-electron chi connectivity index (χ4n) is 9.09. The Morgan fingerprint density at radius 3 is 2.12 bits per heavy atom.